The van der Waals surface area contributed by atoms with E-state index in [1.54, 1.807) is 18.0 Å². The van der Waals surface area contributed by atoms with Gasteiger partial charge >= 0.3 is 6.09 Å². The van der Waals surface area contributed by atoms with Crippen LogP contribution in [0.2, 0.25) is 0 Å². The van der Waals surface area contributed by atoms with Gasteiger partial charge in [-0.25, -0.2) is 9.78 Å². The molecule has 1 heterocycles. The molecule has 22 heavy (non-hydrogen) atoms. The van der Waals surface area contributed by atoms with E-state index in [4.69, 9.17) is 4.74 Å². The second-order valence-electron chi connectivity index (χ2n) is 5.08. The maximum absolute atomic E-state index is 11.8. The van der Waals surface area contributed by atoms with E-state index >= 15 is 0 Å². The molecular formula is C17H18N2O2S. The molecule has 2 aromatic rings. The Bertz CT molecular complexity index is 648. The number of rotatable bonds is 4. The lowest BCUT2D eigenvalue weighted by Gasteiger charge is -2.20. The van der Waals surface area contributed by atoms with Gasteiger partial charge in [0, 0.05) is 6.20 Å². The summed E-state index contributed by atoms with van der Waals surface area (Å²) in [6, 6.07) is 14.2. The summed E-state index contributed by atoms with van der Waals surface area (Å²) >= 11 is 1.68. The van der Waals surface area contributed by atoms with Gasteiger partial charge in [-0.2, -0.15) is 0 Å². The number of thioether (sulfide) groups is 1. The van der Waals surface area contributed by atoms with E-state index in [0.29, 0.717) is 6.61 Å². The Morgan fingerprint density at radius 2 is 2.14 bits per heavy atom. The van der Waals surface area contributed by atoms with Crippen LogP contribution in [-0.4, -0.2) is 23.7 Å². The molecular weight excluding hydrogens is 296 g/mol. The van der Waals surface area contributed by atoms with Gasteiger partial charge in [-0.1, -0.05) is 42.1 Å². The lowest BCUT2D eigenvalue weighted by Crippen LogP contribution is -2.37. The zero-order valence-electron chi connectivity index (χ0n) is 12.4. The normalized spacial score (nSPS) is 19.5. The number of alkyl carbamates (subject to hydrolysis) is 1. The lowest BCUT2D eigenvalue weighted by atomic mass is 10.1. The minimum absolute atomic E-state index is 0.0171. The first-order chi connectivity index (χ1) is 10.8. The predicted octanol–water partition coefficient (Wildman–Crippen LogP) is 3.59. The molecule has 0 saturated carbocycles. The Kier molecular flexibility index (Phi) is 4.63. The summed E-state index contributed by atoms with van der Waals surface area (Å²) in [6.07, 6.45) is 2.25. The summed E-state index contributed by atoms with van der Waals surface area (Å²) in [4.78, 5) is 16.2. The summed E-state index contributed by atoms with van der Waals surface area (Å²) in [6.45, 7) is 2.19. The van der Waals surface area contributed by atoms with Gasteiger partial charge in [-0.05, 0) is 36.6 Å². The average molecular weight is 314 g/mol. The fraction of sp³-hybridized carbons (Fsp3) is 0.294. The van der Waals surface area contributed by atoms with Crippen LogP contribution in [0, 0.1) is 0 Å². The van der Waals surface area contributed by atoms with Crippen LogP contribution in [0.4, 0.5) is 4.79 Å². The molecule has 0 unspecified atom stereocenters. The summed E-state index contributed by atoms with van der Waals surface area (Å²) in [5.74, 6) is 0. The molecule has 0 spiro atoms. The molecule has 4 nitrogen and oxygen atoms in total. The number of ether oxygens (including phenoxy) is 1. The van der Waals surface area contributed by atoms with Crippen molar-refractivity contribution >= 4 is 17.9 Å². The second-order valence-corrected chi connectivity index (χ2v) is 6.24. The van der Waals surface area contributed by atoms with Crippen LogP contribution < -0.4 is 5.32 Å². The first-order valence-corrected chi connectivity index (χ1v) is 8.24. The number of fused-ring (bicyclic) bond motifs is 1. The molecule has 0 bridgehead atoms. The fourth-order valence-corrected chi connectivity index (χ4v) is 3.93. The van der Waals surface area contributed by atoms with Crippen molar-refractivity contribution in [3.63, 3.8) is 0 Å². The van der Waals surface area contributed by atoms with E-state index in [9.17, 15) is 4.79 Å². The zero-order valence-corrected chi connectivity index (χ0v) is 13.2. The minimum Gasteiger partial charge on any atom is -0.450 e. The summed E-state index contributed by atoms with van der Waals surface area (Å²) in [5, 5.41) is 4.09. The highest BCUT2D eigenvalue weighted by molar-refractivity contribution is 7.99. The van der Waals surface area contributed by atoms with Crippen LogP contribution in [0.5, 0.6) is 0 Å². The van der Waals surface area contributed by atoms with E-state index in [1.807, 2.05) is 37.3 Å². The van der Waals surface area contributed by atoms with Crippen molar-refractivity contribution in [3.05, 3.63) is 59.8 Å². The third kappa shape index (κ3) is 3.25. The largest absolute Gasteiger partial charge is 0.450 e. The third-order valence-corrected chi connectivity index (χ3v) is 4.95. The lowest BCUT2D eigenvalue weighted by molar-refractivity contribution is 0.148. The number of nitrogens with zero attached hydrogens (tertiary/aromatic N) is 1. The van der Waals surface area contributed by atoms with Gasteiger partial charge in [0.2, 0.25) is 0 Å². The van der Waals surface area contributed by atoms with Crippen molar-refractivity contribution < 1.29 is 9.53 Å². The van der Waals surface area contributed by atoms with Gasteiger partial charge in [0.15, 0.2) is 0 Å². The molecule has 114 valence electrons. The van der Waals surface area contributed by atoms with E-state index in [0.717, 1.165) is 11.4 Å². The Morgan fingerprint density at radius 1 is 1.32 bits per heavy atom. The Balaban J connectivity index is 1.82. The van der Waals surface area contributed by atoms with Crippen LogP contribution in [0.3, 0.4) is 0 Å². The minimum atomic E-state index is -0.355. The standard InChI is InChI=1S/C17H18N2O2S/c1-2-21-17(20)19-14-11-12-7-3-4-8-13(12)16(14)22-15-9-5-6-10-18-15/h3-10,14,16H,2,11H2,1H3,(H,19,20)/t14-,16-/m0/s1. The molecule has 0 radical (unpaired) electrons. The summed E-state index contributed by atoms with van der Waals surface area (Å²) < 4.78 is 5.03. The molecule has 0 aliphatic heterocycles. The number of hydrogen-bond acceptors (Lipinski definition) is 4. The number of benzene rings is 1. The Labute approximate surface area is 134 Å². The predicted molar refractivity (Wildman–Crippen MR) is 86.9 cm³/mol. The number of amides is 1. The van der Waals surface area contributed by atoms with Gasteiger partial charge in [0.1, 0.15) is 0 Å². The van der Waals surface area contributed by atoms with Crippen molar-refractivity contribution in [1.82, 2.24) is 10.3 Å². The van der Waals surface area contributed by atoms with Crippen LogP contribution in [-0.2, 0) is 11.2 Å². The van der Waals surface area contributed by atoms with Crippen LogP contribution >= 0.6 is 11.8 Å². The molecule has 3 rings (SSSR count). The highest BCUT2D eigenvalue weighted by Crippen LogP contribution is 2.44. The summed E-state index contributed by atoms with van der Waals surface area (Å²) in [5.41, 5.74) is 2.54. The SMILES string of the molecule is CCOC(=O)N[C@H]1Cc2ccccc2[C@@H]1Sc1ccccn1. The van der Waals surface area contributed by atoms with E-state index < -0.39 is 0 Å². The van der Waals surface area contributed by atoms with Gasteiger partial charge < -0.3 is 10.1 Å². The van der Waals surface area contributed by atoms with Crippen molar-refractivity contribution in [3.8, 4) is 0 Å². The highest BCUT2D eigenvalue weighted by Gasteiger charge is 2.34. The third-order valence-electron chi connectivity index (χ3n) is 3.63. The Hall–Kier alpha value is -2.01. The van der Waals surface area contributed by atoms with Crippen LogP contribution in [0.25, 0.3) is 0 Å². The molecule has 1 aliphatic rings. The number of nitrogens with one attached hydrogen (secondary N) is 1. The maximum atomic E-state index is 11.8. The number of aromatic nitrogens is 1. The van der Waals surface area contributed by atoms with Gasteiger partial charge in [0.25, 0.3) is 0 Å². The molecule has 1 aromatic carbocycles. The topological polar surface area (TPSA) is 51.2 Å². The fourth-order valence-electron chi connectivity index (χ4n) is 2.70. The van der Waals surface area contributed by atoms with Crippen molar-refractivity contribution in [2.75, 3.05) is 6.61 Å². The van der Waals surface area contributed by atoms with Crippen molar-refractivity contribution in [2.45, 2.75) is 29.7 Å². The van der Waals surface area contributed by atoms with Crippen LogP contribution in [0.15, 0.2) is 53.7 Å². The van der Waals surface area contributed by atoms with E-state index in [-0.39, 0.29) is 17.4 Å². The van der Waals surface area contributed by atoms with Gasteiger partial charge in [-0.15, -0.1) is 0 Å². The first-order valence-electron chi connectivity index (χ1n) is 7.36. The molecule has 2 atom stereocenters. The number of pyridine rings is 1. The quantitative estimate of drug-likeness (QED) is 0.937. The highest BCUT2D eigenvalue weighted by atomic mass is 32.2. The molecule has 5 heteroatoms. The Morgan fingerprint density at radius 3 is 2.91 bits per heavy atom. The van der Waals surface area contributed by atoms with Gasteiger partial charge in [-0.3, -0.25) is 0 Å². The van der Waals surface area contributed by atoms with Crippen molar-refractivity contribution in [2.24, 2.45) is 0 Å². The molecule has 1 aromatic heterocycles. The van der Waals surface area contributed by atoms with E-state index in [1.165, 1.54) is 11.1 Å². The molecule has 1 amide bonds. The molecule has 0 fully saturated rings. The number of carbonyl (C=O) groups is 1. The molecule has 1 aliphatic carbocycles. The second kappa shape index (κ2) is 6.83. The number of hydrogen-bond donors (Lipinski definition) is 1. The van der Waals surface area contributed by atoms with Gasteiger partial charge in [0.05, 0.1) is 22.9 Å². The van der Waals surface area contributed by atoms with Crippen molar-refractivity contribution in [1.29, 1.82) is 0 Å². The summed E-state index contributed by atoms with van der Waals surface area (Å²) in [7, 11) is 0. The van der Waals surface area contributed by atoms with E-state index in [2.05, 4.69) is 22.4 Å². The zero-order chi connectivity index (χ0) is 15.4. The molecule has 1 N–H and O–H groups in total. The smallest absolute Gasteiger partial charge is 0.407 e. The first kappa shape index (κ1) is 14.9. The monoisotopic (exact) mass is 314 g/mol. The maximum Gasteiger partial charge on any atom is 0.407 e. The average Bonchev–Trinajstić information content (AvgIpc) is 2.86. The molecule has 0 saturated heterocycles. The number of carbonyl (C=O) groups excluding carboxylic acids is 1. The van der Waals surface area contributed by atoms with Crippen LogP contribution in [0.1, 0.15) is 23.3 Å².